The fourth-order valence-electron chi connectivity index (χ4n) is 2.83. The van der Waals surface area contributed by atoms with Crippen molar-refractivity contribution in [1.29, 1.82) is 0 Å². The number of halogens is 1. The monoisotopic (exact) mass is 353 g/mol. The Kier molecular flexibility index (Phi) is 5.05. The fourth-order valence-corrected chi connectivity index (χ4v) is 3.00. The smallest absolute Gasteiger partial charge is 0.340 e. The van der Waals surface area contributed by atoms with E-state index in [-0.39, 0.29) is 11.9 Å². The van der Waals surface area contributed by atoms with Crippen molar-refractivity contribution in [3.05, 3.63) is 64.8 Å². The average molecular weight is 354 g/mol. The zero-order valence-corrected chi connectivity index (χ0v) is 15.3. The minimum absolute atomic E-state index is 0.271. The Labute approximate surface area is 152 Å². The first-order valence-electron chi connectivity index (χ1n) is 8.29. The Hall–Kier alpha value is -2.39. The second-order valence-electron chi connectivity index (χ2n) is 6.47. The van der Waals surface area contributed by atoms with E-state index in [2.05, 4.69) is 4.98 Å². The number of ether oxygens (including phenoxy) is 1. The number of carbonyl (C=O) groups is 1. The molecule has 3 rings (SSSR count). The molecule has 0 fully saturated rings. The quantitative estimate of drug-likeness (QED) is 0.567. The van der Waals surface area contributed by atoms with Crippen molar-refractivity contribution in [1.82, 2.24) is 4.98 Å². The maximum atomic E-state index is 12.8. The van der Waals surface area contributed by atoms with Gasteiger partial charge >= 0.3 is 5.97 Å². The molecule has 25 heavy (non-hydrogen) atoms. The van der Waals surface area contributed by atoms with Gasteiger partial charge in [0.1, 0.15) is 0 Å². The highest BCUT2D eigenvalue weighted by atomic mass is 35.5. The topological polar surface area (TPSA) is 39.2 Å². The summed E-state index contributed by atoms with van der Waals surface area (Å²) in [6, 6.07) is 15.3. The number of aryl methyl sites for hydroxylation is 1. The third-order valence-corrected chi connectivity index (χ3v) is 4.18. The molecule has 3 aromatic rings. The molecule has 0 aliphatic rings. The third-order valence-electron chi connectivity index (χ3n) is 3.94. The molecule has 0 aliphatic heterocycles. The first kappa shape index (κ1) is 17.4. The van der Waals surface area contributed by atoms with Gasteiger partial charge in [0.05, 0.1) is 23.4 Å². The predicted molar refractivity (Wildman–Crippen MR) is 102 cm³/mol. The standard InChI is InChI=1S/C21H20ClNO2/c1-13(2)12-25-21(24)19-14(3)23-18-10-9-16(22)11-17(18)20(19)15-7-5-4-6-8-15/h4-11,13H,12H2,1-3H3. The van der Waals surface area contributed by atoms with Crippen LogP contribution in [0.3, 0.4) is 0 Å². The zero-order valence-electron chi connectivity index (χ0n) is 14.5. The van der Waals surface area contributed by atoms with E-state index in [1.54, 1.807) is 0 Å². The number of nitrogens with zero attached hydrogens (tertiary/aromatic N) is 1. The van der Waals surface area contributed by atoms with Gasteiger partial charge < -0.3 is 4.74 Å². The van der Waals surface area contributed by atoms with E-state index in [1.807, 2.05) is 69.3 Å². The number of hydrogen-bond acceptors (Lipinski definition) is 3. The van der Waals surface area contributed by atoms with Crippen LogP contribution in [-0.4, -0.2) is 17.6 Å². The lowest BCUT2D eigenvalue weighted by Crippen LogP contribution is -2.14. The lowest BCUT2D eigenvalue weighted by molar-refractivity contribution is 0.0458. The summed E-state index contributed by atoms with van der Waals surface area (Å²) >= 11 is 6.21. The molecule has 0 bridgehead atoms. The van der Waals surface area contributed by atoms with Crippen molar-refractivity contribution in [2.24, 2.45) is 5.92 Å². The van der Waals surface area contributed by atoms with Gasteiger partial charge in [-0.2, -0.15) is 0 Å². The molecule has 0 saturated heterocycles. The van der Waals surface area contributed by atoms with Crippen molar-refractivity contribution in [3.63, 3.8) is 0 Å². The molecule has 0 atom stereocenters. The Bertz CT molecular complexity index is 920. The second kappa shape index (κ2) is 7.24. The lowest BCUT2D eigenvalue weighted by Gasteiger charge is -2.16. The van der Waals surface area contributed by atoms with Gasteiger partial charge in [0, 0.05) is 16.0 Å². The van der Waals surface area contributed by atoms with Gasteiger partial charge in [-0.25, -0.2) is 4.79 Å². The Balaban J connectivity index is 2.28. The van der Waals surface area contributed by atoms with Crippen LogP contribution in [0.4, 0.5) is 0 Å². The number of esters is 1. The summed E-state index contributed by atoms with van der Waals surface area (Å²) in [5.74, 6) is -0.0771. The van der Waals surface area contributed by atoms with Crippen molar-refractivity contribution >= 4 is 28.5 Å². The molecule has 4 heteroatoms. The Morgan fingerprint density at radius 1 is 1.16 bits per heavy atom. The molecular formula is C21H20ClNO2. The molecule has 3 nitrogen and oxygen atoms in total. The first-order valence-corrected chi connectivity index (χ1v) is 8.67. The Morgan fingerprint density at radius 3 is 2.56 bits per heavy atom. The van der Waals surface area contributed by atoms with Gasteiger partial charge in [-0.15, -0.1) is 0 Å². The summed E-state index contributed by atoms with van der Waals surface area (Å²) in [6.45, 7) is 6.24. The summed E-state index contributed by atoms with van der Waals surface area (Å²) in [7, 11) is 0. The van der Waals surface area contributed by atoms with Crippen LogP contribution in [0.15, 0.2) is 48.5 Å². The van der Waals surface area contributed by atoms with Crippen LogP contribution in [0.2, 0.25) is 5.02 Å². The Morgan fingerprint density at radius 2 is 1.88 bits per heavy atom. The van der Waals surface area contributed by atoms with Crippen LogP contribution in [-0.2, 0) is 4.74 Å². The number of rotatable bonds is 4. The van der Waals surface area contributed by atoms with Gasteiger partial charge in [-0.05, 0) is 36.6 Å². The number of pyridine rings is 1. The normalized spacial score (nSPS) is 11.1. The van der Waals surface area contributed by atoms with Gasteiger partial charge in [-0.3, -0.25) is 4.98 Å². The van der Waals surface area contributed by atoms with Crippen LogP contribution < -0.4 is 0 Å². The van der Waals surface area contributed by atoms with E-state index < -0.39 is 0 Å². The summed E-state index contributed by atoms with van der Waals surface area (Å²) in [4.78, 5) is 17.4. The summed E-state index contributed by atoms with van der Waals surface area (Å²) in [5, 5.41) is 1.46. The minimum Gasteiger partial charge on any atom is -0.462 e. The fraction of sp³-hybridized carbons (Fsp3) is 0.238. The lowest BCUT2D eigenvalue weighted by atomic mass is 9.94. The van der Waals surface area contributed by atoms with Crippen LogP contribution in [0, 0.1) is 12.8 Å². The van der Waals surface area contributed by atoms with Crippen molar-refractivity contribution in [2.45, 2.75) is 20.8 Å². The molecule has 0 saturated carbocycles. The first-order chi connectivity index (χ1) is 12.0. The summed E-state index contributed by atoms with van der Waals surface area (Å²) in [5.41, 5.74) is 3.72. The van der Waals surface area contributed by atoms with Gasteiger partial charge in [0.2, 0.25) is 0 Å². The number of benzene rings is 2. The molecule has 0 radical (unpaired) electrons. The number of carbonyl (C=O) groups excluding carboxylic acids is 1. The maximum absolute atomic E-state index is 12.8. The van der Waals surface area contributed by atoms with Crippen molar-refractivity contribution in [3.8, 4) is 11.1 Å². The second-order valence-corrected chi connectivity index (χ2v) is 6.90. The van der Waals surface area contributed by atoms with Gasteiger partial charge in [0.15, 0.2) is 0 Å². The molecule has 0 N–H and O–H groups in total. The van der Waals surface area contributed by atoms with Crippen LogP contribution in [0.25, 0.3) is 22.0 Å². The SMILES string of the molecule is Cc1nc2ccc(Cl)cc2c(-c2ccccc2)c1C(=O)OCC(C)C. The molecule has 1 aromatic heterocycles. The zero-order chi connectivity index (χ0) is 18.0. The van der Waals surface area contributed by atoms with E-state index in [0.29, 0.717) is 22.9 Å². The highest BCUT2D eigenvalue weighted by Gasteiger charge is 2.22. The molecule has 0 spiro atoms. The van der Waals surface area contributed by atoms with Gasteiger partial charge in [-0.1, -0.05) is 55.8 Å². The highest BCUT2D eigenvalue weighted by molar-refractivity contribution is 6.31. The summed E-state index contributed by atoms with van der Waals surface area (Å²) in [6.07, 6.45) is 0. The molecule has 1 heterocycles. The number of hydrogen-bond donors (Lipinski definition) is 0. The van der Waals surface area contributed by atoms with E-state index in [9.17, 15) is 4.79 Å². The van der Waals surface area contributed by atoms with E-state index in [1.165, 1.54) is 0 Å². The van der Waals surface area contributed by atoms with Crippen molar-refractivity contribution < 1.29 is 9.53 Å². The molecular weight excluding hydrogens is 334 g/mol. The predicted octanol–water partition coefficient (Wildman–Crippen LogP) is 5.68. The molecule has 2 aromatic carbocycles. The van der Waals surface area contributed by atoms with Gasteiger partial charge in [0.25, 0.3) is 0 Å². The van der Waals surface area contributed by atoms with E-state index >= 15 is 0 Å². The molecule has 0 aliphatic carbocycles. The maximum Gasteiger partial charge on any atom is 0.340 e. The highest BCUT2D eigenvalue weighted by Crippen LogP contribution is 2.34. The third kappa shape index (κ3) is 3.67. The number of fused-ring (bicyclic) bond motifs is 1. The molecule has 0 amide bonds. The van der Waals surface area contributed by atoms with Crippen LogP contribution >= 0.6 is 11.6 Å². The van der Waals surface area contributed by atoms with Crippen LogP contribution in [0.1, 0.15) is 29.9 Å². The van der Waals surface area contributed by atoms with E-state index in [0.717, 1.165) is 22.0 Å². The summed E-state index contributed by atoms with van der Waals surface area (Å²) < 4.78 is 5.50. The van der Waals surface area contributed by atoms with Crippen molar-refractivity contribution in [2.75, 3.05) is 6.61 Å². The van der Waals surface area contributed by atoms with Crippen LogP contribution in [0.5, 0.6) is 0 Å². The molecule has 128 valence electrons. The average Bonchev–Trinajstić information content (AvgIpc) is 2.59. The van der Waals surface area contributed by atoms with E-state index in [4.69, 9.17) is 16.3 Å². The number of aromatic nitrogens is 1. The largest absolute Gasteiger partial charge is 0.462 e. The molecule has 0 unspecified atom stereocenters. The minimum atomic E-state index is -0.348.